The lowest BCUT2D eigenvalue weighted by Gasteiger charge is -2.19. The lowest BCUT2D eigenvalue weighted by Crippen LogP contribution is -2.24. The van der Waals surface area contributed by atoms with E-state index in [9.17, 15) is 5.11 Å². The van der Waals surface area contributed by atoms with Gasteiger partial charge in [0.1, 0.15) is 11.6 Å². The second-order valence-corrected chi connectivity index (χ2v) is 3.93. The highest BCUT2D eigenvalue weighted by Gasteiger charge is 2.23. The molecule has 2 N–H and O–H groups in total. The van der Waals surface area contributed by atoms with E-state index in [4.69, 9.17) is 5.11 Å². The maximum atomic E-state index is 9.47. The number of rotatable bonds is 3. The molecule has 1 aromatic heterocycles. The molecule has 0 aliphatic carbocycles. The van der Waals surface area contributed by atoms with Crippen molar-refractivity contribution in [2.24, 2.45) is 0 Å². The summed E-state index contributed by atoms with van der Waals surface area (Å²) in [6.45, 7) is 4.12. The predicted molar refractivity (Wildman–Crippen MR) is 56.9 cm³/mol. The molecule has 1 aliphatic heterocycles. The highest BCUT2D eigenvalue weighted by Crippen LogP contribution is 2.21. The summed E-state index contributed by atoms with van der Waals surface area (Å²) in [6, 6.07) is 0. The van der Waals surface area contributed by atoms with Crippen LogP contribution >= 0.6 is 0 Å². The number of anilines is 1. The molecular weight excluding hydrogens is 194 g/mol. The lowest BCUT2D eigenvalue weighted by atomic mass is 10.3. The van der Waals surface area contributed by atoms with Crippen LogP contribution in [0.1, 0.15) is 12.2 Å². The van der Waals surface area contributed by atoms with Crippen LogP contribution in [0.25, 0.3) is 0 Å². The monoisotopic (exact) mass is 211 g/mol. The Bertz CT molecular complexity index is 337. The third-order valence-corrected chi connectivity index (χ3v) is 2.85. The molecule has 2 rings (SSSR count). The van der Waals surface area contributed by atoms with E-state index in [1.54, 1.807) is 0 Å². The first-order valence-corrected chi connectivity index (χ1v) is 5.28. The van der Waals surface area contributed by atoms with Crippen molar-refractivity contribution in [2.45, 2.75) is 26.0 Å². The van der Waals surface area contributed by atoms with Gasteiger partial charge in [-0.2, -0.15) is 0 Å². The van der Waals surface area contributed by atoms with Gasteiger partial charge in [-0.05, 0) is 13.3 Å². The Labute approximate surface area is 89.0 Å². The van der Waals surface area contributed by atoms with E-state index >= 15 is 0 Å². The lowest BCUT2D eigenvalue weighted by molar-refractivity contribution is 0.198. The number of aliphatic hydroxyl groups excluding tert-OH is 2. The van der Waals surface area contributed by atoms with Gasteiger partial charge in [0.05, 0.1) is 18.9 Å². The Morgan fingerprint density at radius 2 is 2.40 bits per heavy atom. The number of imidazole rings is 1. The molecule has 2 heterocycles. The summed E-state index contributed by atoms with van der Waals surface area (Å²) >= 11 is 0. The van der Waals surface area contributed by atoms with Crippen molar-refractivity contribution < 1.29 is 10.2 Å². The minimum atomic E-state index is -0.234. The predicted octanol–water partition coefficient (Wildman–Crippen LogP) is -0.245. The molecule has 1 aromatic rings. The molecule has 5 heteroatoms. The first-order chi connectivity index (χ1) is 7.22. The fourth-order valence-corrected chi connectivity index (χ4v) is 2.03. The van der Waals surface area contributed by atoms with Crippen LogP contribution in [-0.2, 0) is 6.54 Å². The molecule has 84 valence electrons. The van der Waals surface area contributed by atoms with Crippen molar-refractivity contribution in [2.75, 3.05) is 24.6 Å². The fraction of sp³-hybridized carbons (Fsp3) is 0.700. The van der Waals surface area contributed by atoms with Gasteiger partial charge in [-0.15, -0.1) is 0 Å². The van der Waals surface area contributed by atoms with Crippen molar-refractivity contribution in [3.05, 3.63) is 12.0 Å². The zero-order valence-corrected chi connectivity index (χ0v) is 8.93. The molecule has 0 amide bonds. The average Bonchev–Trinajstić information content (AvgIpc) is 2.76. The SMILES string of the molecule is Cc1ncc(N2CCC(O)C2)n1CCO. The molecule has 0 bridgehead atoms. The second-order valence-electron chi connectivity index (χ2n) is 3.93. The molecule has 1 unspecified atom stereocenters. The van der Waals surface area contributed by atoms with Crippen molar-refractivity contribution in [1.82, 2.24) is 9.55 Å². The van der Waals surface area contributed by atoms with Crippen LogP contribution in [0, 0.1) is 6.92 Å². The van der Waals surface area contributed by atoms with E-state index in [0.717, 1.165) is 24.6 Å². The number of nitrogens with zero attached hydrogens (tertiary/aromatic N) is 3. The minimum Gasteiger partial charge on any atom is -0.395 e. The van der Waals surface area contributed by atoms with Crippen LogP contribution in [0.4, 0.5) is 5.82 Å². The summed E-state index contributed by atoms with van der Waals surface area (Å²) in [5.74, 6) is 1.90. The summed E-state index contributed by atoms with van der Waals surface area (Å²) < 4.78 is 1.98. The second kappa shape index (κ2) is 4.20. The maximum Gasteiger partial charge on any atom is 0.128 e. The van der Waals surface area contributed by atoms with E-state index in [1.165, 1.54) is 0 Å². The molecule has 1 atom stereocenters. The zero-order valence-electron chi connectivity index (χ0n) is 8.93. The molecule has 0 aromatic carbocycles. The number of β-amino-alcohol motifs (C(OH)–C–C–N with tert-alkyl or cyclic N) is 1. The van der Waals surface area contributed by atoms with E-state index < -0.39 is 0 Å². The van der Waals surface area contributed by atoms with E-state index in [0.29, 0.717) is 13.1 Å². The first kappa shape index (κ1) is 10.4. The molecule has 0 saturated carbocycles. The van der Waals surface area contributed by atoms with E-state index in [2.05, 4.69) is 9.88 Å². The Morgan fingerprint density at radius 1 is 1.60 bits per heavy atom. The van der Waals surface area contributed by atoms with Crippen molar-refractivity contribution in [1.29, 1.82) is 0 Å². The smallest absolute Gasteiger partial charge is 0.128 e. The van der Waals surface area contributed by atoms with Crippen molar-refractivity contribution in [3.63, 3.8) is 0 Å². The number of hydrogen-bond donors (Lipinski definition) is 2. The van der Waals surface area contributed by atoms with Gasteiger partial charge in [0, 0.05) is 19.6 Å². The molecule has 15 heavy (non-hydrogen) atoms. The van der Waals surface area contributed by atoms with Crippen LogP contribution in [0.5, 0.6) is 0 Å². The van der Waals surface area contributed by atoms with Crippen LogP contribution in [0.3, 0.4) is 0 Å². The van der Waals surface area contributed by atoms with Gasteiger partial charge >= 0.3 is 0 Å². The Hall–Kier alpha value is -1.07. The van der Waals surface area contributed by atoms with Gasteiger partial charge in [0.25, 0.3) is 0 Å². The normalized spacial score (nSPS) is 21.3. The molecule has 0 radical (unpaired) electrons. The van der Waals surface area contributed by atoms with Crippen molar-refractivity contribution >= 4 is 5.82 Å². The fourth-order valence-electron chi connectivity index (χ4n) is 2.03. The molecule has 1 saturated heterocycles. The summed E-state index contributed by atoms with van der Waals surface area (Å²) in [7, 11) is 0. The third-order valence-electron chi connectivity index (χ3n) is 2.85. The summed E-state index contributed by atoms with van der Waals surface area (Å²) in [4.78, 5) is 6.34. The van der Waals surface area contributed by atoms with Crippen LogP contribution < -0.4 is 4.90 Å². The molecule has 1 aliphatic rings. The quantitative estimate of drug-likeness (QED) is 0.724. The molecule has 1 fully saturated rings. The van der Waals surface area contributed by atoms with Gasteiger partial charge in [-0.3, -0.25) is 0 Å². The molecular formula is C10H17N3O2. The number of aryl methyl sites for hydroxylation is 1. The maximum absolute atomic E-state index is 9.47. The topological polar surface area (TPSA) is 61.5 Å². The number of aromatic nitrogens is 2. The van der Waals surface area contributed by atoms with Gasteiger partial charge < -0.3 is 19.7 Å². The summed E-state index contributed by atoms with van der Waals surface area (Å²) in [5, 5.41) is 18.4. The first-order valence-electron chi connectivity index (χ1n) is 5.28. The van der Waals surface area contributed by atoms with Gasteiger partial charge in [-0.1, -0.05) is 0 Å². The van der Waals surface area contributed by atoms with E-state index in [1.807, 2.05) is 17.7 Å². The summed E-state index contributed by atoms with van der Waals surface area (Å²) in [5.41, 5.74) is 0. The van der Waals surface area contributed by atoms with Gasteiger partial charge in [0.15, 0.2) is 0 Å². The Morgan fingerprint density at radius 3 is 3.00 bits per heavy atom. The average molecular weight is 211 g/mol. The Kier molecular flexibility index (Phi) is 2.93. The largest absolute Gasteiger partial charge is 0.395 e. The zero-order chi connectivity index (χ0) is 10.8. The Balaban J connectivity index is 2.20. The van der Waals surface area contributed by atoms with Crippen LogP contribution in [0.15, 0.2) is 6.20 Å². The van der Waals surface area contributed by atoms with E-state index in [-0.39, 0.29) is 12.7 Å². The standard InChI is InChI=1S/C10H17N3O2/c1-8-11-6-10(13(8)4-5-14)12-3-2-9(15)7-12/h6,9,14-15H,2-5,7H2,1H3. The molecule has 0 spiro atoms. The summed E-state index contributed by atoms with van der Waals surface area (Å²) in [6.07, 6.45) is 2.38. The van der Waals surface area contributed by atoms with Crippen molar-refractivity contribution in [3.8, 4) is 0 Å². The number of hydrogen-bond acceptors (Lipinski definition) is 4. The molecule has 5 nitrogen and oxygen atoms in total. The van der Waals surface area contributed by atoms with Gasteiger partial charge in [-0.25, -0.2) is 4.98 Å². The highest BCUT2D eigenvalue weighted by molar-refractivity contribution is 5.40. The number of aliphatic hydroxyl groups is 2. The van der Waals surface area contributed by atoms with Gasteiger partial charge in [0.2, 0.25) is 0 Å². The third kappa shape index (κ3) is 1.98. The van der Waals surface area contributed by atoms with Crippen LogP contribution in [0.2, 0.25) is 0 Å². The highest BCUT2D eigenvalue weighted by atomic mass is 16.3. The minimum absolute atomic E-state index is 0.112. The van der Waals surface area contributed by atoms with Crippen LogP contribution in [-0.4, -0.2) is 45.6 Å².